The molecule has 2 aromatic carbocycles. The normalized spacial score (nSPS) is 11.1. The van der Waals surface area contributed by atoms with E-state index in [1.807, 2.05) is 60.7 Å². The molecule has 0 aliphatic carbocycles. The van der Waals surface area contributed by atoms with Crippen LogP contribution in [0.3, 0.4) is 0 Å². The van der Waals surface area contributed by atoms with E-state index in [1.165, 1.54) is 0 Å². The first-order valence-corrected chi connectivity index (χ1v) is 8.45. The fraction of sp³-hybridized carbons (Fsp3) is 0.286. The third-order valence-corrected chi connectivity index (χ3v) is 3.94. The van der Waals surface area contributed by atoms with Gasteiger partial charge in [0.05, 0.1) is 0 Å². The first-order valence-electron chi connectivity index (χ1n) is 8.45. The van der Waals surface area contributed by atoms with Crippen molar-refractivity contribution in [1.82, 2.24) is 4.90 Å². The van der Waals surface area contributed by atoms with E-state index in [-0.39, 0.29) is 5.78 Å². The highest BCUT2D eigenvalue weighted by atomic mass is 16.5. The molecule has 0 aromatic heterocycles. The van der Waals surface area contributed by atoms with E-state index >= 15 is 0 Å². The molecule has 0 saturated heterocycles. The molecule has 24 heavy (non-hydrogen) atoms. The molecule has 0 radical (unpaired) electrons. The number of carbonyl (C=O) groups is 1. The minimum atomic E-state index is 0.00940. The van der Waals surface area contributed by atoms with Crippen molar-refractivity contribution in [2.24, 2.45) is 0 Å². The molecule has 0 spiro atoms. The van der Waals surface area contributed by atoms with Crippen LogP contribution in [0.15, 0.2) is 60.7 Å². The fourth-order valence-corrected chi connectivity index (χ4v) is 2.38. The average molecular weight is 323 g/mol. The van der Waals surface area contributed by atoms with Gasteiger partial charge in [-0.2, -0.15) is 0 Å². The molecule has 0 heterocycles. The molecule has 126 valence electrons. The second-order valence-corrected chi connectivity index (χ2v) is 5.51. The van der Waals surface area contributed by atoms with Crippen LogP contribution in [0.25, 0.3) is 6.08 Å². The van der Waals surface area contributed by atoms with Gasteiger partial charge < -0.3 is 9.64 Å². The number of hydrogen-bond acceptors (Lipinski definition) is 3. The zero-order valence-electron chi connectivity index (χ0n) is 14.4. The Morgan fingerprint density at radius 2 is 1.67 bits per heavy atom. The molecule has 0 aliphatic rings. The molecule has 2 aromatic rings. The fourth-order valence-electron chi connectivity index (χ4n) is 2.38. The summed E-state index contributed by atoms with van der Waals surface area (Å²) in [5, 5.41) is 0. The lowest BCUT2D eigenvalue weighted by Gasteiger charge is -2.17. The van der Waals surface area contributed by atoms with Crippen LogP contribution < -0.4 is 4.74 Å². The summed E-state index contributed by atoms with van der Waals surface area (Å²) in [5.41, 5.74) is 1.68. The molecule has 0 fully saturated rings. The number of likely N-dealkylation sites (N-methyl/N-ethyl adjacent to an activating group) is 1. The topological polar surface area (TPSA) is 29.5 Å². The number of ketones is 1. The predicted molar refractivity (Wildman–Crippen MR) is 99.5 cm³/mol. The van der Waals surface area contributed by atoms with Gasteiger partial charge in [-0.05, 0) is 36.9 Å². The Hall–Kier alpha value is -2.39. The zero-order valence-corrected chi connectivity index (χ0v) is 14.4. The standard InChI is InChI=1S/C21H25NO2/c1-3-22(4-2)16-17-24-20-13-10-18(11-14-20)12-15-21(23)19-8-6-5-7-9-19/h5-15H,3-4,16-17H2,1-2H3. The van der Waals surface area contributed by atoms with Crippen molar-refractivity contribution in [3.63, 3.8) is 0 Å². The highest BCUT2D eigenvalue weighted by molar-refractivity contribution is 6.06. The highest BCUT2D eigenvalue weighted by Gasteiger charge is 2.01. The van der Waals surface area contributed by atoms with Crippen molar-refractivity contribution in [1.29, 1.82) is 0 Å². The lowest BCUT2D eigenvalue weighted by atomic mass is 10.1. The van der Waals surface area contributed by atoms with Gasteiger partial charge in [-0.25, -0.2) is 0 Å². The van der Waals surface area contributed by atoms with Crippen molar-refractivity contribution >= 4 is 11.9 Å². The van der Waals surface area contributed by atoms with Gasteiger partial charge in [0.15, 0.2) is 5.78 Å². The molecule has 3 heteroatoms. The van der Waals surface area contributed by atoms with Gasteiger partial charge >= 0.3 is 0 Å². The van der Waals surface area contributed by atoms with E-state index in [4.69, 9.17) is 4.74 Å². The Labute approximate surface area is 144 Å². The Balaban J connectivity index is 1.85. The predicted octanol–water partition coefficient (Wildman–Crippen LogP) is 4.30. The lowest BCUT2D eigenvalue weighted by Crippen LogP contribution is -2.27. The molecule has 0 aliphatic heterocycles. The SMILES string of the molecule is CCN(CC)CCOc1ccc(C=CC(=O)c2ccccc2)cc1. The third kappa shape index (κ3) is 5.67. The Bertz CT molecular complexity index is 643. The van der Waals surface area contributed by atoms with Gasteiger partial charge in [0.2, 0.25) is 0 Å². The summed E-state index contributed by atoms with van der Waals surface area (Å²) < 4.78 is 5.76. The Kier molecular flexibility index (Phi) is 7.24. The second kappa shape index (κ2) is 9.68. The van der Waals surface area contributed by atoms with Crippen LogP contribution in [-0.4, -0.2) is 36.9 Å². The highest BCUT2D eigenvalue weighted by Crippen LogP contribution is 2.14. The number of allylic oxidation sites excluding steroid dienone is 1. The van der Waals surface area contributed by atoms with Crippen LogP contribution in [0, 0.1) is 0 Å². The van der Waals surface area contributed by atoms with E-state index in [2.05, 4.69) is 18.7 Å². The van der Waals surface area contributed by atoms with Gasteiger partial charge in [0.1, 0.15) is 12.4 Å². The van der Waals surface area contributed by atoms with Crippen LogP contribution in [0.1, 0.15) is 29.8 Å². The number of nitrogens with zero attached hydrogens (tertiary/aromatic N) is 1. The Morgan fingerprint density at radius 1 is 1.00 bits per heavy atom. The van der Waals surface area contributed by atoms with Crippen LogP contribution in [0.2, 0.25) is 0 Å². The molecular weight excluding hydrogens is 298 g/mol. The van der Waals surface area contributed by atoms with Crippen molar-refractivity contribution in [2.45, 2.75) is 13.8 Å². The summed E-state index contributed by atoms with van der Waals surface area (Å²) >= 11 is 0. The van der Waals surface area contributed by atoms with Crippen LogP contribution in [0.5, 0.6) is 5.75 Å². The monoisotopic (exact) mass is 323 g/mol. The number of carbonyl (C=O) groups excluding carboxylic acids is 1. The summed E-state index contributed by atoms with van der Waals surface area (Å²) in [6.07, 6.45) is 3.43. The maximum atomic E-state index is 12.0. The number of benzene rings is 2. The average Bonchev–Trinajstić information content (AvgIpc) is 2.65. The number of hydrogen-bond donors (Lipinski definition) is 0. The van der Waals surface area contributed by atoms with E-state index < -0.39 is 0 Å². The zero-order chi connectivity index (χ0) is 17.2. The maximum absolute atomic E-state index is 12.0. The molecular formula is C21H25NO2. The van der Waals surface area contributed by atoms with E-state index in [9.17, 15) is 4.79 Å². The largest absolute Gasteiger partial charge is 0.492 e. The maximum Gasteiger partial charge on any atom is 0.185 e. The van der Waals surface area contributed by atoms with Gasteiger partial charge in [-0.3, -0.25) is 4.79 Å². The lowest BCUT2D eigenvalue weighted by molar-refractivity contribution is 0.104. The van der Waals surface area contributed by atoms with E-state index in [1.54, 1.807) is 6.08 Å². The second-order valence-electron chi connectivity index (χ2n) is 5.51. The third-order valence-electron chi connectivity index (χ3n) is 3.94. The molecule has 0 saturated carbocycles. The molecule has 0 bridgehead atoms. The van der Waals surface area contributed by atoms with Crippen molar-refractivity contribution < 1.29 is 9.53 Å². The van der Waals surface area contributed by atoms with Gasteiger partial charge in [0, 0.05) is 12.1 Å². The molecule has 2 rings (SSSR count). The molecule has 3 nitrogen and oxygen atoms in total. The number of ether oxygens (including phenoxy) is 1. The first kappa shape index (κ1) is 18.0. The summed E-state index contributed by atoms with van der Waals surface area (Å²) in [5.74, 6) is 0.865. The summed E-state index contributed by atoms with van der Waals surface area (Å²) in [7, 11) is 0. The summed E-state index contributed by atoms with van der Waals surface area (Å²) in [4.78, 5) is 14.4. The summed E-state index contributed by atoms with van der Waals surface area (Å²) in [6.45, 7) is 8.00. The summed E-state index contributed by atoms with van der Waals surface area (Å²) in [6, 6.07) is 17.1. The van der Waals surface area contributed by atoms with E-state index in [0.717, 1.165) is 30.9 Å². The first-order chi connectivity index (χ1) is 11.7. The minimum absolute atomic E-state index is 0.00940. The van der Waals surface area contributed by atoms with Crippen molar-refractivity contribution in [3.8, 4) is 5.75 Å². The van der Waals surface area contributed by atoms with Crippen LogP contribution >= 0.6 is 0 Å². The quantitative estimate of drug-likeness (QED) is 0.509. The van der Waals surface area contributed by atoms with Crippen LogP contribution in [0.4, 0.5) is 0 Å². The minimum Gasteiger partial charge on any atom is -0.492 e. The molecule has 0 atom stereocenters. The smallest absolute Gasteiger partial charge is 0.185 e. The Morgan fingerprint density at radius 3 is 2.29 bits per heavy atom. The molecule has 0 unspecified atom stereocenters. The van der Waals surface area contributed by atoms with Gasteiger partial charge in [-0.1, -0.05) is 62.4 Å². The molecule has 0 N–H and O–H groups in total. The molecule has 0 amide bonds. The van der Waals surface area contributed by atoms with Gasteiger partial charge in [-0.15, -0.1) is 0 Å². The van der Waals surface area contributed by atoms with E-state index in [0.29, 0.717) is 12.2 Å². The van der Waals surface area contributed by atoms with Crippen molar-refractivity contribution in [2.75, 3.05) is 26.2 Å². The van der Waals surface area contributed by atoms with Crippen molar-refractivity contribution in [3.05, 3.63) is 71.8 Å². The van der Waals surface area contributed by atoms with Gasteiger partial charge in [0.25, 0.3) is 0 Å². The van der Waals surface area contributed by atoms with Crippen LogP contribution in [-0.2, 0) is 0 Å². The number of rotatable bonds is 9.